The van der Waals surface area contributed by atoms with Gasteiger partial charge in [-0.3, -0.25) is 14.6 Å². The van der Waals surface area contributed by atoms with E-state index >= 15 is 0 Å². The van der Waals surface area contributed by atoms with Gasteiger partial charge < -0.3 is 14.1 Å². The number of hydrogen-bond acceptors (Lipinski definition) is 5. The molecule has 2 aromatic heterocycles. The van der Waals surface area contributed by atoms with Crippen molar-refractivity contribution in [3.63, 3.8) is 0 Å². The van der Waals surface area contributed by atoms with Crippen LogP contribution in [0.4, 0.5) is 0 Å². The fourth-order valence-electron chi connectivity index (χ4n) is 4.26. The molecule has 164 valence electrons. The summed E-state index contributed by atoms with van der Waals surface area (Å²) in [6.07, 6.45) is 5.06. The minimum atomic E-state index is -0.610. The smallest absolute Gasteiger partial charge is 0.291 e. The van der Waals surface area contributed by atoms with Crippen LogP contribution in [0.3, 0.4) is 0 Å². The van der Waals surface area contributed by atoms with Crippen molar-refractivity contribution < 1.29 is 13.9 Å². The summed E-state index contributed by atoms with van der Waals surface area (Å²) in [5.74, 6) is 0.397. The standard InChI is InChI=1S/C27H22N2O4/c1-3-12-32-20-8-4-7-19(14-20)24-23-25(30)21-13-17(2)9-10-22(21)33-26(23)27(31)29(24)16-18-6-5-11-28-15-18/h3-11,13-15,24H,1,12,16H2,2H3/t24-/m1/s1. The molecule has 3 heterocycles. The highest BCUT2D eigenvalue weighted by Gasteiger charge is 2.42. The first-order valence-electron chi connectivity index (χ1n) is 10.7. The Bertz CT molecular complexity index is 1430. The summed E-state index contributed by atoms with van der Waals surface area (Å²) >= 11 is 0. The number of aromatic nitrogens is 1. The quantitative estimate of drug-likeness (QED) is 0.404. The van der Waals surface area contributed by atoms with Gasteiger partial charge in [0.15, 0.2) is 5.43 Å². The Morgan fingerprint density at radius 1 is 1.15 bits per heavy atom. The van der Waals surface area contributed by atoms with Gasteiger partial charge in [-0.1, -0.05) is 42.5 Å². The van der Waals surface area contributed by atoms with E-state index < -0.39 is 6.04 Å². The second kappa shape index (κ2) is 8.39. The van der Waals surface area contributed by atoms with Crippen molar-refractivity contribution in [3.8, 4) is 5.75 Å². The molecular formula is C27H22N2O4. The first-order chi connectivity index (χ1) is 16.1. The number of carbonyl (C=O) groups is 1. The van der Waals surface area contributed by atoms with Gasteiger partial charge in [0.2, 0.25) is 5.76 Å². The van der Waals surface area contributed by atoms with Crippen LogP contribution in [0, 0.1) is 6.92 Å². The fraction of sp³-hybridized carbons (Fsp3) is 0.148. The van der Waals surface area contributed by atoms with E-state index in [1.54, 1.807) is 35.5 Å². The van der Waals surface area contributed by atoms with Crippen molar-refractivity contribution in [1.82, 2.24) is 9.88 Å². The summed E-state index contributed by atoms with van der Waals surface area (Å²) in [5, 5.41) is 0.467. The Balaban J connectivity index is 1.70. The van der Waals surface area contributed by atoms with Crippen molar-refractivity contribution in [2.45, 2.75) is 19.5 Å². The number of benzene rings is 2. The first-order valence-corrected chi connectivity index (χ1v) is 10.7. The summed E-state index contributed by atoms with van der Waals surface area (Å²) in [5.41, 5.74) is 3.13. The number of fused-ring (bicyclic) bond motifs is 2. The van der Waals surface area contributed by atoms with E-state index in [0.717, 1.165) is 16.7 Å². The normalized spacial score (nSPS) is 15.0. The number of rotatable bonds is 6. The zero-order valence-corrected chi connectivity index (χ0v) is 18.2. The average Bonchev–Trinajstić information content (AvgIpc) is 3.11. The zero-order chi connectivity index (χ0) is 22.9. The summed E-state index contributed by atoms with van der Waals surface area (Å²) in [7, 11) is 0. The van der Waals surface area contributed by atoms with Crippen LogP contribution in [0.15, 0.2) is 88.9 Å². The van der Waals surface area contributed by atoms with Crippen LogP contribution >= 0.6 is 0 Å². The maximum absolute atomic E-state index is 13.7. The van der Waals surface area contributed by atoms with Crippen LogP contribution in [0.25, 0.3) is 11.0 Å². The van der Waals surface area contributed by atoms with Gasteiger partial charge in [-0.25, -0.2) is 0 Å². The molecule has 0 fully saturated rings. The van der Waals surface area contributed by atoms with Crippen molar-refractivity contribution in [2.75, 3.05) is 6.61 Å². The van der Waals surface area contributed by atoms with Crippen LogP contribution in [-0.2, 0) is 6.54 Å². The third kappa shape index (κ3) is 3.69. The Kier molecular flexibility index (Phi) is 5.26. The second-order valence-corrected chi connectivity index (χ2v) is 8.04. The Morgan fingerprint density at radius 3 is 2.82 bits per heavy atom. The van der Waals surface area contributed by atoms with Gasteiger partial charge >= 0.3 is 0 Å². The molecule has 1 aliphatic rings. The number of aryl methyl sites for hydroxylation is 1. The molecule has 5 rings (SSSR count). The van der Waals surface area contributed by atoms with E-state index in [1.807, 2.05) is 49.4 Å². The molecule has 33 heavy (non-hydrogen) atoms. The SMILES string of the molecule is C=CCOc1cccc([C@@H]2c3c(oc4ccc(C)cc4c3=O)C(=O)N2Cc2cccnc2)c1. The van der Waals surface area contributed by atoms with E-state index in [9.17, 15) is 9.59 Å². The average molecular weight is 438 g/mol. The maximum atomic E-state index is 13.7. The lowest BCUT2D eigenvalue weighted by Gasteiger charge is -2.25. The number of pyridine rings is 1. The lowest BCUT2D eigenvalue weighted by Crippen LogP contribution is -2.29. The summed E-state index contributed by atoms with van der Waals surface area (Å²) in [6.45, 7) is 6.25. The fourth-order valence-corrected chi connectivity index (χ4v) is 4.26. The van der Waals surface area contributed by atoms with Crippen molar-refractivity contribution >= 4 is 16.9 Å². The summed E-state index contributed by atoms with van der Waals surface area (Å²) < 4.78 is 11.7. The minimum absolute atomic E-state index is 0.0858. The van der Waals surface area contributed by atoms with Crippen molar-refractivity contribution in [3.05, 3.63) is 118 Å². The predicted molar refractivity (Wildman–Crippen MR) is 125 cm³/mol. The highest BCUT2D eigenvalue weighted by Crippen LogP contribution is 2.40. The monoisotopic (exact) mass is 438 g/mol. The van der Waals surface area contributed by atoms with E-state index in [2.05, 4.69) is 11.6 Å². The Labute approximate surface area is 190 Å². The van der Waals surface area contributed by atoms with Gasteiger partial charge in [-0.05, 0) is 48.4 Å². The molecule has 0 aliphatic carbocycles. The molecule has 1 atom stereocenters. The number of amides is 1. The molecule has 6 heteroatoms. The van der Waals surface area contributed by atoms with Crippen LogP contribution < -0.4 is 10.2 Å². The molecule has 1 aliphatic heterocycles. The van der Waals surface area contributed by atoms with Gasteiger partial charge in [-0.2, -0.15) is 0 Å². The molecule has 1 amide bonds. The number of ether oxygens (including phenoxy) is 1. The number of nitrogens with zero attached hydrogens (tertiary/aromatic N) is 2. The highest BCUT2D eigenvalue weighted by molar-refractivity contribution is 5.99. The summed E-state index contributed by atoms with van der Waals surface area (Å²) in [6, 6.07) is 16.0. The first kappa shape index (κ1) is 20.7. The van der Waals surface area contributed by atoms with Gasteiger partial charge in [0.1, 0.15) is 17.9 Å². The van der Waals surface area contributed by atoms with Gasteiger partial charge in [0, 0.05) is 18.9 Å². The van der Waals surface area contributed by atoms with Crippen LogP contribution in [0.1, 0.15) is 38.9 Å². The lowest BCUT2D eigenvalue weighted by atomic mass is 9.97. The molecule has 0 radical (unpaired) electrons. The lowest BCUT2D eigenvalue weighted by molar-refractivity contribution is 0.0714. The molecule has 0 saturated heterocycles. The number of carbonyl (C=O) groups excluding carboxylic acids is 1. The van der Waals surface area contributed by atoms with Gasteiger partial charge in [0.25, 0.3) is 5.91 Å². The molecule has 0 spiro atoms. The molecular weight excluding hydrogens is 416 g/mol. The Morgan fingerprint density at radius 2 is 2.03 bits per heavy atom. The van der Waals surface area contributed by atoms with Crippen molar-refractivity contribution in [1.29, 1.82) is 0 Å². The molecule has 6 nitrogen and oxygen atoms in total. The third-order valence-corrected chi connectivity index (χ3v) is 5.74. The van der Waals surface area contributed by atoms with E-state index in [1.165, 1.54) is 0 Å². The van der Waals surface area contributed by atoms with Gasteiger partial charge in [-0.15, -0.1) is 0 Å². The largest absolute Gasteiger partial charge is 0.490 e. The van der Waals surface area contributed by atoms with Gasteiger partial charge in [0.05, 0.1) is 17.0 Å². The van der Waals surface area contributed by atoms with E-state index in [-0.39, 0.29) is 23.6 Å². The molecule has 0 N–H and O–H groups in total. The molecule has 4 aromatic rings. The zero-order valence-electron chi connectivity index (χ0n) is 18.2. The molecule has 2 aromatic carbocycles. The third-order valence-electron chi connectivity index (χ3n) is 5.74. The molecule has 0 unspecified atom stereocenters. The molecule has 0 bridgehead atoms. The minimum Gasteiger partial charge on any atom is -0.490 e. The summed E-state index contributed by atoms with van der Waals surface area (Å²) in [4.78, 5) is 33.0. The Hall–Kier alpha value is -4.19. The molecule has 0 saturated carbocycles. The van der Waals surface area contributed by atoms with Crippen LogP contribution in [0.2, 0.25) is 0 Å². The van der Waals surface area contributed by atoms with E-state index in [0.29, 0.717) is 28.9 Å². The van der Waals surface area contributed by atoms with Crippen LogP contribution in [-0.4, -0.2) is 22.4 Å². The highest BCUT2D eigenvalue weighted by atomic mass is 16.5. The van der Waals surface area contributed by atoms with E-state index in [4.69, 9.17) is 9.15 Å². The van der Waals surface area contributed by atoms with Crippen molar-refractivity contribution in [2.24, 2.45) is 0 Å². The maximum Gasteiger partial charge on any atom is 0.291 e. The second-order valence-electron chi connectivity index (χ2n) is 8.04. The predicted octanol–water partition coefficient (Wildman–Crippen LogP) is 4.81. The topological polar surface area (TPSA) is 72.6 Å². The van der Waals surface area contributed by atoms with Crippen LogP contribution in [0.5, 0.6) is 5.75 Å². The number of hydrogen-bond donors (Lipinski definition) is 0.